The summed E-state index contributed by atoms with van der Waals surface area (Å²) in [6.07, 6.45) is 12.2. The average molecular weight is 404 g/mol. The Labute approximate surface area is 169 Å². The average Bonchev–Trinajstić information content (AvgIpc) is 2.65. The summed E-state index contributed by atoms with van der Waals surface area (Å²) in [6, 6.07) is 0.667. The number of Topliss-reactive ketones (excluding diaryl/α,β-unsaturated/α-hetero) is 1. The van der Waals surface area contributed by atoms with E-state index in [0.29, 0.717) is 32.2 Å². The molecular weight excluding hydrogens is 358 g/mol. The second kappa shape index (κ2) is 17.8. The highest BCUT2D eigenvalue weighted by molar-refractivity contribution is 6.60. The third-order valence-corrected chi connectivity index (χ3v) is 7.89. The number of hydrogen-bond acceptors (Lipinski definition) is 5. The van der Waals surface area contributed by atoms with Crippen LogP contribution in [0.1, 0.15) is 98.3 Å². The van der Waals surface area contributed by atoms with E-state index in [0.717, 1.165) is 19.3 Å². The molecule has 1 atom stereocenters. The van der Waals surface area contributed by atoms with Gasteiger partial charge in [0, 0.05) is 25.7 Å². The summed E-state index contributed by atoms with van der Waals surface area (Å²) in [5, 5.41) is 0. The highest BCUT2D eigenvalue weighted by Crippen LogP contribution is 2.21. The van der Waals surface area contributed by atoms with Gasteiger partial charge in [-0.25, -0.2) is 0 Å². The molecule has 0 aromatic heterocycles. The number of hydrogen-bond donors (Lipinski definition) is 1. The van der Waals surface area contributed by atoms with Crippen LogP contribution in [0.2, 0.25) is 6.04 Å². The molecule has 0 amide bonds. The van der Waals surface area contributed by atoms with E-state index in [1.54, 1.807) is 0 Å². The van der Waals surface area contributed by atoms with Crippen molar-refractivity contribution >= 4 is 14.6 Å². The van der Waals surface area contributed by atoms with Crippen molar-refractivity contribution < 1.29 is 18.1 Å². The van der Waals surface area contributed by atoms with Crippen molar-refractivity contribution in [1.29, 1.82) is 0 Å². The van der Waals surface area contributed by atoms with Crippen LogP contribution in [0.25, 0.3) is 0 Å². The first-order chi connectivity index (χ1) is 13.0. The Morgan fingerprint density at radius 3 is 1.85 bits per heavy atom. The molecule has 1 unspecified atom stereocenters. The summed E-state index contributed by atoms with van der Waals surface area (Å²) in [7, 11) is -2.82. The Morgan fingerprint density at radius 1 is 0.852 bits per heavy atom. The Balaban J connectivity index is 4.16. The van der Waals surface area contributed by atoms with Crippen LogP contribution in [-0.4, -0.2) is 40.5 Å². The monoisotopic (exact) mass is 403 g/mol. The van der Waals surface area contributed by atoms with Gasteiger partial charge in [-0.3, -0.25) is 4.79 Å². The van der Waals surface area contributed by atoms with Gasteiger partial charge in [0.1, 0.15) is 6.10 Å². The molecule has 0 bridgehead atoms. The van der Waals surface area contributed by atoms with Gasteiger partial charge in [-0.1, -0.05) is 58.3 Å². The lowest BCUT2D eigenvalue weighted by atomic mass is 10.0. The molecule has 0 aliphatic rings. The molecular formula is C21H45NO4Si. The van der Waals surface area contributed by atoms with Gasteiger partial charge in [0.15, 0.2) is 5.78 Å². The number of unbranched alkanes of at least 4 members (excludes halogenated alkanes) is 8. The van der Waals surface area contributed by atoms with Crippen LogP contribution in [0.5, 0.6) is 0 Å². The van der Waals surface area contributed by atoms with E-state index < -0.39 is 14.9 Å². The molecule has 0 aliphatic heterocycles. The Hall–Kier alpha value is -0.273. The fourth-order valence-corrected chi connectivity index (χ4v) is 6.03. The third kappa shape index (κ3) is 13.5. The molecule has 27 heavy (non-hydrogen) atoms. The van der Waals surface area contributed by atoms with Crippen LogP contribution in [-0.2, 0) is 18.1 Å². The lowest BCUT2D eigenvalue weighted by Crippen LogP contribution is -2.49. The van der Waals surface area contributed by atoms with Crippen LogP contribution in [0, 0.1) is 0 Å². The Morgan fingerprint density at radius 2 is 1.37 bits per heavy atom. The summed E-state index contributed by atoms with van der Waals surface area (Å²) in [4.78, 5) is 12.5. The Kier molecular flexibility index (Phi) is 17.6. The number of ketones is 1. The number of carbonyl (C=O) groups is 1. The highest BCUT2D eigenvalue weighted by Gasteiger charge is 2.42. The smallest absolute Gasteiger partial charge is 0.374 e. The minimum Gasteiger partial charge on any atom is -0.374 e. The molecule has 0 radical (unpaired) electrons. The molecule has 0 aromatic rings. The van der Waals surface area contributed by atoms with Crippen molar-refractivity contribution in [3.05, 3.63) is 0 Å². The van der Waals surface area contributed by atoms with E-state index in [9.17, 15) is 4.79 Å². The summed E-state index contributed by atoms with van der Waals surface area (Å²) in [5.74, 6) is 0.155. The standard InChI is InChI=1S/C21H45NO4Si/c1-5-8-9-10-11-12-13-14-15-17-21(23)20(4)26-27(24-6-2,25-7-3)19-16-18-22/h20H,5-19,22H2,1-4H3. The van der Waals surface area contributed by atoms with Gasteiger partial charge in [0.2, 0.25) is 0 Å². The predicted molar refractivity (Wildman–Crippen MR) is 115 cm³/mol. The summed E-state index contributed by atoms with van der Waals surface area (Å²) >= 11 is 0. The zero-order valence-electron chi connectivity index (χ0n) is 18.4. The second-order valence-electron chi connectivity index (χ2n) is 7.25. The van der Waals surface area contributed by atoms with Crippen molar-refractivity contribution in [1.82, 2.24) is 0 Å². The molecule has 162 valence electrons. The lowest BCUT2D eigenvalue weighted by molar-refractivity contribution is -0.127. The fourth-order valence-electron chi connectivity index (χ4n) is 3.22. The molecule has 0 heterocycles. The first kappa shape index (κ1) is 26.7. The topological polar surface area (TPSA) is 70.8 Å². The van der Waals surface area contributed by atoms with Crippen molar-refractivity contribution in [2.75, 3.05) is 19.8 Å². The van der Waals surface area contributed by atoms with Crippen LogP contribution < -0.4 is 5.73 Å². The van der Waals surface area contributed by atoms with Gasteiger partial charge < -0.3 is 19.0 Å². The minimum absolute atomic E-state index is 0.155. The molecule has 6 heteroatoms. The van der Waals surface area contributed by atoms with Gasteiger partial charge >= 0.3 is 8.80 Å². The van der Waals surface area contributed by atoms with E-state index in [2.05, 4.69) is 6.92 Å². The lowest BCUT2D eigenvalue weighted by Gasteiger charge is -2.31. The molecule has 0 saturated carbocycles. The first-order valence-electron chi connectivity index (χ1n) is 11.2. The third-order valence-electron chi connectivity index (χ3n) is 4.75. The van der Waals surface area contributed by atoms with E-state index >= 15 is 0 Å². The zero-order chi connectivity index (χ0) is 20.4. The maximum atomic E-state index is 12.5. The van der Waals surface area contributed by atoms with E-state index in [4.69, 9.17) is 19.0 Å². The quantitative estimate of drug-likeness (QED) is 0.222. The minimum atomic E-state index is -2.82. The van der Waals surface area contributed by atoms with Crippen molar-refractivity contribution in [2.45, 2.75) is 110 Å². The van der Waals surface area contributed by atoms with Crippen LogP contribution in [0.15, 0.2) is 0 Å². The van der Waals surface area contributed by atoms with Crippen molar-refractivity contribution in [3.63, 3.8) is 0 Å². The molecule has 0 spiro atoms. The SMILES string of the molecule is CCCCCCCCCCCC(=O)C(C)O[Si](CCCN)(OCC)OCC. The fraction of sp³-hybridized carbons (Fsp3) is 0.952. The van der Waals surface area contributed by atoms with E-state index in [1.807, 2.05) is 20.8 Å². The predicted octanol–water partition coefficient (Wildman–Crippen LogP) is 5.24. The van der Waals surface area contributed by atoms with Gasteiger partial charge in [-0.15, -0.1) is 0 Å². The molecule has 2 N–H and O–H groups in total. The number of nitrogens with two attached hydrogens (primary N) is 1. The van der Waals surface area contributed by atoms with E-state index in [-0.39, 0.29) is 5.78 Å². The van der Waals surface area contributed by atoms with E-state index in [1.165, 1.54) is 44.9 Å². The zero-order valence-corrected chi connectivity index (χ0v) is 19.4. The summed E-state index contributed by atoms with van der Waals surface area (Å²) < 4.78 is 17.9. The van der Waals surface area contributed by atoms with Crippen LogP contribution in [0.4, 0.5) is 0 Å². The van der Waals surface area contributed by atoms with Crippen LogP contribution in [0.3, 0.4) is 0 Å². The van der Waals surface area contributed by atoms with Crippen molar-refractivity contribution in [3.8, 4) is 0 Å². The molecule has 0 fully saturated rings. The second-order valence-corrected chi connectivity index (χ2v) is 9.93. The van der Waals surface area contributed by atoms with Crippen LogP contribution >= 0.6 is 0 Å². The van der Waals surface area contributed by atoms with Gasteiger partial charge in [-0.2, -0.15) is 0 Å². The molecule has 0 saturated heterocycles. The molecule has 0 aromatic carbocycles. The van der Waals surface area contributed by atoms with Gasteiger partial charge in [0.25, 0.3) is 0 Å². The number of carbonyl (C=O) groups excluding carboxylic acids is 1. The van der Waals surface area contributed by atoms with Crippen molar-refractivity contribution in [2.24, 2.45) is 5.73 Å². The number of rotatable bonds is 20. The Bertz CT molecular complexity index is 349. The van der Waals surface area contributed by atoms with Gasteiger partial charge in [0.05, 0.1) is 0 Å². The maximum absolute atomic E-state index is 12.5. The van der Waals surface area contributed by atoms with Gasteiger partial charge in [-0.05, 0) is 40.2 Å². The largest absolute Gasteiger partial charge is 0.501 e. The highest BCUT2D eigenvalue weighted by atomic mass is 28.4. The molecule has 0 aliphatic carbocycles. The molecule has 0 rings (SSSR count). The summed E-state index contributed by atoms with van der Waals surface area (Å²) in [6.45, 7) is 9.56. The summed E-state index contributed by atoms with van der Waals surface area (Å²) in [5.41, 5.74) is 5.65. The maximum Gasteiger partial charge on any atom is 0.501 e. The molecule has 5 nitrogen and oxygen atoms in total. The normalized spacial score (nSPS) is 13.1. The first-order valence-corrected chi connectivity index (χ1v) is 13.2.